The number of ether oxygens (including phenoxy) is 2. The zero-order valence-electron chi connectivity index (χ0n) is 11.6. The molecule has 0 aromatic rings. The van der Waals surface area contributed by atoms with E-state index in [1.54, 1.807) is 0 Å². The van der Waals surface area contributed by atoms with Crippen LogP contribution >= 0.6 is 0 Å². The van der Waals surface area contributed by atoms with Crippen molar-refractivity contribution in [2.45, 2.75) is 38.7 Å². The first-order chi connectivity index (χ1) is 9.81. The van der Waals surface area contributed by atoms with Crippen LogP contribution in [0.3, 0.4) is 0 Å². The molecule has 2 N–H and O–H groups in total. The molecule has 21 heavy (non-hydrogen) atoms. The zero-order chi connectivity index (χ0) is 16.3. The molecular weight excluding hydrogens is 284 g/mol. The third-order valence-corrected chi connectivity index (χ3v) is 2.18. The molecule has 1 unspecified atom stereocenters. The van der Waals surface area contributed by atoms with Gasteiger partial charge in [0.1, 0.15) is 12.7 Å². The molecule has 1 atom stereocenters. The molecule has 0 aliphatic heterocycles. The smallest absolute Gasteiger partial charge is 0.331 e. The molecule has 0 aliphatic carbocycles. The van der Waals surface area contributed by atoms with Gasteiger partial charge < -0.3 is 19.7 Å². The fourth-order valence-corrected chi connectivity index (χ4v) is 1.24. The minimum atomic E-state index is -1.27. The van der Waals surface area contributed by atoms with Gasteiger partial charge in [0.05, 0.1) is 0 Å². The van der Waals surface area contributed by atoms with Crippen LogP contribution in [-0.4, -0.2) is 46.8 Å². The summed E-state index contributed by atoms with van der Waals surface area (Å²) in [4.78, 5) is 42.8. The Kier molecular flexibility index (Phi) is 9.23. The first-order valence-corrected chi connectivity index (χ1v) is 6.30. The predicted octanol–water partition coefficient (Wildman–Crippen LogP) is 0.747. The van der Waals surface area contributed by atoms with Gasteiger partial charge in [-0.05, 0) is 19.8 Å². The molecule has 0 heterocycles. The normalized spacial score (nSPS) is 11.9. The second kappa shape index (κ2) is 10.4. The number of carbonyl (C=O) groups is 4. The van der Waals surface area contributed by atoms with Gasteiger partial charge in [0.2, 0.25) is 0 Å². The second-order valence-corrected chi connectivity index (χ2v) is 4.20. The van der Waals surface area contributed by atoms with Crippen molar-refractivity contribution in [3.05, 3.63) is 12.2 Å². The van der Waals surface area contributed by atoms with Crippen molar-refractivity contribution < 1.29 is 38.9 Å². The molecule has 0 bridgehead atoms. The summed E-state index contributed by atoms with van der Waals surface area (Å²) in [6.45, 7) is 1.34. The van der Waals surface area contributed by atoms with E-state index in [0.717, 1.165) is 6.08 Å². The lowest BCUT2D eigenvalue weighted by Crippen LogP contribution is -2.21. The maximum absolute atomic E-state index is 11.3. The lowest BCUT2D eigenvalue weighted by molar-refractivity contribution is -0.154. The number of rotatable bonds is 10. The molecule has 0 fully saturated rings. The predicted molar refractivity (Wildman–Crippen MR) is 69.4 cm³/mol. The van der Waals surface area contributed by atoms with Crippen LogP contribution in [-0.2, 0) is 28.7 Å². The first kappa shape index (κ1) is 18.6. The molecule has 0 amide bonds. The monoisotopic (exact) mass is 302 g/mol. The Labute approximate surface area is 121 Å². The third-order valence-electron chi connectivity index (χ3n) is 2.18. The largest absolute Gasteiger partial charge is 0.481 e. The summed E-state index contributed by atoms with van der Waals surface area (Å²) < 4.78 is 9.60. The topological polar surface area (TPSA) is 127 Å². The van der Waals surface area contributed by atoms with Crippen molar-refractivity contribution in [2.75, 3.05) is 6.61 Å². The molecule has 0 aliphatic rings. The molecule has 0 aromatic heterocycles. The fourth-order valence-electron chi connectivity index (χ4n) is 1.24. The van der Waals surface area contributed by atoms with Crippen molar-refractivity contribution in [2.24, 2.45) is 0 Å². The quantitative estimate of drug-likeness (QED) is 0.344. The summed E-state index contributed by atoms with van der Waals surface area (Å²) in [5, 5.41) is 16.7. The molecule has 0 aromatic carbocycles. The average Bonchev–Trinajstić information content (AvgIpc) is 2.39. The van der Waals surface area contributed by atoms with Crippen LogP contribution in [0.5, 0.6) is 0 Å². The summed E-state index contributed by atoms with van der Waals surface area (Å²) in [5.74, 6) is -3.54. The van der Waals surface area contributed by atoms with Crippen LogP contribution in [0, 0.1) is 0 Å². The molecule has 0 saturated heterocycles. The molecule has 118 valence electrons. The lowest BCUT2D eigenvalue weighted by atomic mass is 10.2. The van der Waals surface area contributed by atoms with Crippen molar-refractivity contribution in [1.82, 2.24) is 0 Å². The van der Waals surface area contributed by atoms with Crippen LogP contribution in [0.15, 0.2) is 12.2 Å². The van der Waals surface area contributed by atoms with Crippen molar-refractivity contribution in [3.8, 4) is 0 Å². The van der Waals surface area contributed by atoms with Crippen LogP contribution in [0.1, 0.15) is 32.6 Å². The van der Waals surface area contributed by atoms with E-state index in [0.29, 0.717) is 18.9 Å². The summed E-state index contributed by atoms with van der Waals surface area (Å²) in [7, 11) is 0. The second-order valence-electron chi connectivity index (χ2n) is 4.20. The Hall–Kier alpha value is -2.38. The molecule has 0 spiro atoms. The van der Waals surface area contributed by atoms with Crippen LogP contribution in [0.4, 0.5) is 0 Å². The average molecular weight is 302 g/mol. The van der Waals surface area contributed by atoms with E-state index in [1.807, 2.05) is 0 Å². The molecule has 0 radical (unpaired) electrons. The van der Waals surface area contributed by atoms with Gasteiger partial charge in [-0.1, -0.05) is 0 Å². The molecule has 0 rings (SSSR count). The Morgan fingerprint density at radius 3 is 2.24 bits per heavy atom. The Bertz CT molecular complexity index is 412. The maximum atomic E-state index is 11.3. The van der Waals surface area contributed by atoms with Gasteiger partial charge in [-0.3, -0.25) is 9.59 Å². The summed E-state index contributed by atoms with van der Waals surface area (Å²) in [5.41, 5.74) is 0. The van der Waals surface area contributed by atoms with E-state index in [1.165, 1.54) is 6.92 Å². The standard InChI is InChI=1S/C13H18O8/c1-9(21-13(19)7-6-11(16)17)8-20-12(18)5-3-2-4-10(14)15/h6-7,9H,2-5,8H2,1H3,(H,14,15)(H,16,17). The van der Waals surface area contributed by atoms with Crippen molar-refractivity contribution in [3.63, 3.8) is 0 Å². The molecular formula is C13H18O8. The van der Waals surface area contributed by atoms with E-state index in [-0.39, 0.29) is 19.4 Å². The van der Waals surface area contributed by atoms with E-state index in [4.69, 9.17) is 19.7 Å². The minimum absolute atomic E-state index is 0.00277. The van der Waals surface area contributed by atoms with E-state index < -0.39 is 30.0 Å². The summed E-state index contributed by atoms with van der Waals surface area (Å²) in [6.07, 6.45) is 1.56. The number of hydrogen-bond acceptors (Lipinski definition) is 6. The first-order valence-electron chi connectivity index (χ1n) is 6.30. The Morgan fingerprint density at radius 1 is 1.05 bits per heavy atom. The summed E-state index contributed by atoms with van der Waals surface area (Å²) >= 11 is 0. The van der Waals surface area contributed by atoms with E-state index in [9.17, 15) is 19.2 Å². The highest BCUT2D eigenvalue weighted by Crippen LogP contribution is 2.02. The van der Waals surface area contributed by atoms with Gasteiger partial charge in [-0.2, -0.15) is 0 Å². The van der Waals surface area contributed by atoms with Gasteiger partial charge >= 0.3 is 23.9 Å². The van der Waals surface area contributed by atoms with Crippen molar-refractivity contribution >= 4 is 23.9 Å². The van der Waals surface area contributed by atoms with Gasteiger partial charge in [-0.25, -0.2) is 9.59 Å². The number of carboxylic acid groups (broad SMARTS) is 2. The number of carboxylic acids is 2. The fraction of sp³-hybridized carbons (Fsp3) is 0.538. The number of unbranched alkanes of at least 4 members (excludes halogenated alkanes) is 1. The number of hydrogen-bond donors (Lipinski definition) is 2. The van der Waals surface area contributed by atoms with Gasteiger partial charge in [0, 0.05) is 25.0 Å². The van der Waals surface area contributed by atoms with Gasteiger partial charge in [0.25, 0.3) is 0 Å². The zero-order valence-corrected chi connectivity index (χ0v) is 11.6. The van der Waals surface area contributed by atoms with Crippen LogP contribution in [0.2, 0.25) is 0 Å². The maximum Gasteiger partial charge on any atom is 0.331 e. The Balaban J connectivity index is 3.79. The van der Waals surface area contributed by atoms with Gasteiger partial charge in [0.15, 0.2) is 0 Å². The van der Waals surface area contributed by atoms with Crippen LogP contribution in [0.25, 0.3) is 0 Å². The number of carbonyl (C=O) groups excluding carboxylic acids is 2. The van der Waals surface area contributed by atoms with Crippen molar-refractivity contribution in [1.29, 1.82) is 0 Å². The molecule has 0 saturated carbocycles. The highest BCUT2D eigenvalue weighted by molar-refractivity contribution is 5.90. The number of aliphatic carboxylic acids is 2. The summed E-state index contributed by atoms with van der Waals surface area (Å²) in [6, 6.07) is 0. The Morgan fingerprint density at radius 2 is 1.67 bits per heavy atom. The number of esters is 2. The minimum Gasteiger partial charge on any atom is -0.481 e. The van der Waals surface area contributed by atoms with Gasteiger partial charge in [-0.15, -0.1) is 0 Å². The lowest BCUT2D eigenvalue weighted by Gasteiger charge is -2.12. The highest BCUT2D eigenvalue weighted by Gasteiger charge is 2.11. The highest BCUT2D eigenvalue weighted by atomic mass is 16.6. The van der Waals surface area contributed by atoms with Crippen LogP contribution < -0.4 is 0 Å². The molecule has 8 heteroatoms. The molecule has 8 nitrogen and oxygen atoms in total. The SMILES string of the molecule is CC(COC(=O)CCCCC(=O)O)OC(=O)C=CC(=O)O. The van der Waals surface area contributed by atoms with E-state index >= 15 is 0 Å². The van der Waals surface area contributed by atoms with E-state index in [2.05, 4.69) is 0 Å². The third kappa shape index (κ3) is 12.4.